The maximum Gasteiger partial charge on any atom is 0.255 e. The topological polar surface area (TPSA) is 66.9 Å². The first-order valence-electron chi connectivity index (χ1n) is 8.93. The monoisotopic (exact) mass is 360 g/mol. The van der Waals surface area contributed by atoms with Crippen LogP contribution in [0.4, 0.5) is 11.5 Å². The second-order valence-corrected chi connectivity index (χ2v) is 7.39. The molecular weight excluding hydrogens is 336 g/mol. The summed E-state index contributed by atoms with van der Waals surface area (Å²) < 4.78 is 0. The fourth-order valence-electron chi connectivity index (χ4n) is 2.80. The Morgan fingerprint density at radius 1 is 1.04 bits per heavy atom. The number of nitrogens with one attached hydrogen (secondary N) is 2. The highest BCUT2D eigenvalue weighted by Crippen LogP contribution is 2.29. The Labute approximate surface area is 159 Å². The van der Waals surface area contributed by atoms with E-state index in [1.165, 1.54) is 0 Å². The molecule has 0 atom stereocenters. The molecule has 1 aromatic carbocycles. The largest absolute Gasteiger partial charge is 0.366 e. The van der Waals surface area contributed by atoms with Crippen LogP contribution in [0.2, 0.25) is 0 Å². The molecule has 5 nitrogen and oxygen atoms in total. The third-order valence-corrected chi connectivity index (χ3v) is 4.20. The van der Waals surface area contributed by atoms with Gasteiger partial charge in [0.25, 0.3) is 5.91 Å². The highest BCUT2D eigenvalue weighted by molar-refractivity contribution is 6.05. The van der Waals surface area contributed by atoms with E-state index in [0.29, 0.717) is 17.9 Å². The molecule has 138 valence electrons. The summed E-state index contributed by atoms with van der Waals surface area (Å²) in [6.07, 6.45) is 5.17. The van der Waals surface area contributed by atoms with Gasteiger partial charge in [-0.3, -0.25) is 9.78 Å². The van der Waals surface area contributed by atoms with Crippen molar-refractivity contribution in [2.45, 2.75) is 32.7 Å². The third kappa shape index (κ3) is 4.91. The van der Waals surface area contributed by atoms with E-state index in [4.69, 9.17) is 0 Å². The normalized spacial score (nSPS) is 11.1. The van der Waals surface area contributed by atoms with Crippen LogP contribution in [0, 0.1) is 0 Å². The quantitative estimate of drug-likeness (QED) is 0.696. The van der Waals surface area contributed by atoms with Gasteiger partial charge in [0.1, 0.15) is 5.82 Å². The number of carbonyl (C=O) groups is 1. The highest BCUT2D eigenvalue weighted by atomic mass is 16.1. The summed E-state index contributed by atoms with van der Waals surface area (Å²) in [5.41, 5.74) is 3.48. The van der Waals surface area contributed by atoms with Crippen molar-refractivity contribution in [1.82, 2.24) is 9.97 Å². The van der Waals surface area contributed by atoms with Gasteiger partial charge < -0.3 is 10.6 Å². The van der Waals surface area contributed by atoms with Gasteiger partial charge in [-0.15, -0.1) is 0 Å². The van der Waals surface area contributed by atoms with Crippen LogP contribution in [-0.2, 0) is 12.0 Å². The smallest absolute Gasteiger partial charge is 0.255 e. The van der Waals surface area contributed by atoms with E-state index < -0.39 is 0 Å². The van der Waals surface area contributed by atoms with Crippen molar-refractivity contribution in [3.8, 4) is 0 Å². The number of amides is 1. The van der Waals surface area contributed by atoms with Crippen molar-refractivity contribution in [2.24, 2.45) is 0 Å². The van der Waals surface area contributed by atoms with Gasteiger partial charge in [-0.25, -0.2) is 4.98 Å². The molecule has 0 radical (unpaired) electrons. The van der Waals surface area contributed by atoms with Gasteiger partial charge in [-0.05, 0) is 40.8 Å². The number of carbonyl (C=O) groups excluding carboxylic acids is 1. The molecule has 5 heteroatoms. The number of hydrogen-bond acceptors (Lipinski definition) is 4. The number of anilines is 2. The van der Waals surface area contributed by atoms with Crippen LogP contribution in [-0.4, -0.2) is 15.9 Å². The van der Waals surface area contributed by atoms with E-state index in [-0.39, 0.29) is 11.3 Å². The molecule has 1 amide bonds. The summed E-state index contributed by atoms with van der Waals surface area (Å²) >= 11 is 0. The molecule has 0 aliphatic heterocycles. The Kier molecular flexibility index (Phi) is 5.50. The molecule has 2 N–H and O–H groups in total. The van der Waals surface area contributed by atoms with Gasteiger partial charge in [0.15, 0.2) is 0 Å². The average Bonchev–Trinajstić information content (AvgIpc) is 2.67. The average molecular weight is 360 g/mol. The Bertz CT molecular complexity index is 917. The van der Waals surface area contributed by atoms with Crippen LogP contribution in [0.15, 0.2) is 67.1 Å². The van der Waals surface area contributed by atoms with Gasteiger partial charge in [0.05, 0.1) is 0 Å². The SMILES string of the molecule is CC(C)(C)c1ccccc1NC(=O)c1ccnc(NCc2cccnc2)c1. The summed E-state index contributed by atoms with van der Waals surface area (Å²) in [7, 11) is 0. The van der Waals surface area contributed by atoms with Crippen LogP contribution in [0.3, 0.4) is 0 Å². The van der Waals surface area contributed by atoms with E-state index in [2.05, 4.69) is 41.4 Å². The lowest BCUT2D eigenvalue weighted by atomic mass is 9.86. The van der Waals surface area contributed by atoms with Gasteiger partial charge >= 0.3 is 0 Å². The van der Waals surface area contributed by atoms with Crippen molar-refractivity contribution in [3.05, 3.63) is 83.8 Å². The molecular formula is C22H24N4O. The summed E-state index contributed by atoms with van der Waals surface area (Å²) in [4.78, 5) is 21.1. The molecule has 0 saturated heterocycles. The maximum atomic E-state index is 12.7. The Morgan fingerprint density at radius 2 is 1.85 bits per heavy atom. The predicted octanol–water partition coefficient (Wildman–Crippen LogP) is 4.64. The number of rotatable bonds is 5. The zero-order valence-electron chi connectivity index (χ0n) is 15.9. The first kappa shape index (κ1) is 18.6. The number of para-hydroxylation sites is 1. The molecule has 27 heavy (non-hydrogen) atoms. The molecule has 3 aromatic rings. The number of nitrogens with zero attached hydrogens (tertiary/aromatic N) is 2. The van der Waals surface area contributed by atoms with E-state index in [0.717, 1.165) is 16.8 Å². The van der Waals surface area contributed by atoms with Crippen LogP contribution < -0.4 is 10.6 Å². The molecule has 0 aliphatic carbocycles. The molecule has 0 fully saturated rings. The minimum absolute atomic E-state index is 0.0570. The minimum atomic E-state index is -0.154. The molecule has 0 saturated carbocycles. The first-order valence-corrected chi connectivity index (χ1v) is 8.93. The van der Waals surface area contributed by atoms with E-state index in [9.17, 15) is 4.79 Å². The lowest BCUT2D eigenvalue weighted by molar-refractivity contribution is 0.102. The molecule has 2 heterocycles. The predicted molar refractivity (Wildman–Crippen MR) is 109 cm³/mol. The molecule has 0 aliphatic rings. The van der Waals surface area contributed by atoms with Gasteiger partial charge in [0, 0.05) is 36.4 Å². The van der Waals surface area contributed by atoms with Crippen molar-refractivity contribution in [1.29, 1.82) is 0 Å². The van der Waals surface area contributed by atoms with Crippen molar-refractivity contribution in [2.75, 3.05) is 10.6 Å². The summed E-state index contributed by atoms with van der Waals surface area (Å²) in [6.45, 7) is 6.99. The summed E-state index contributed by atoms with van der Waals surface area (Å²) in [5.74, 6) is 0.495. The molecule has 3 rings (SSSR count). The van der Waals surface area contributed by atoms with E-state index in [1.807, 2.05) is 36.4 Å². The van der Waals surface area contributed by atoms with Gasteiger partial charge in [-0.2, -0.15) is 0 Å². The number of benzene rings is 1. The van der Waals surface area contributed by atoms with E-state index in [1.54, 1.807) is 30.7 Å². The van der Waals surface area contributed by atoms with Crippen LogP contribution in [0.5, 0.6) is 0 Å². The lowest BCUT2D eigenvalue weighted by Crippen LogP contribution is -2.19. The molecule has 2 aromatic heterocycles. The van der Waals surface area contributed by atoms with E-state index >= 15 is 0 Å². The number of aromatic nitrogens is 2. The van der Waals surface area contributed by atoms with Crippen LogP contribution in [0.1, 0.15) is 42.3 Å². The fourth-order valence-corrected chi connectivity index (χ4v) is 2.80. The fraction of sp³-hybridized carbons (Fsp3) is 0.227. The van der Waals surface area contributed by atoms with Crippen molar-refractivity contribution >= 4 is 17.4 Å². The van der Waals surface area contributed by atoms with Crippen molar-refractivity contribution in [3.63, 3.8) is 0 Å². The van der Waals surface area contributed by atoms with Gasteiger partial charge in [0.2, 0.25) is 0 Å². The van der Waals surface area contributed by atoms with Gasteiger partial charge in [-0.1, -0.05) is 45.0 Å². The van der Waals surface area contributed by atoms with Crippen LogP contribution >= 0.6 is 0 Å². The zero-order chi connectivity index (χ0) is 19.3. The molecule has 0 bridgehead atoms. The Morgan fingerprint density at radius 3 is 2.59 bits per heavy atom. The second-order valence-electron chi connectivity index (χ2n) is 7.39. The van der Waals surface area contributed by atoms with Crippen LogP contribution in [0.25, 0.3) is 0 Å². The minimum Gasteiger partial charge on any atom is -0.366 e. The second kappa shape index (κ2) is 7.99. The molecule has 0 unspecified atom stereocenters. The Balaban J connectivity index is 1.73. The number of hydrogen-bond donors (Lipinski definition) is 2. The zero-order valence-corrected chi connectivity index (χ0v) is 15.9. The lowest BCUT2D eigenvalue weighted by Gasteiger charge is -2.23. The molecule has 0 spiro atoms. The Hall–Kier alpha value is -3.21. The summed E-state index contributed by atoms with van der Waals surface area (Å²) in [5, 5.41) is 6.25. The number of pyridine rings is 2. The summed E-state index contributed by atoms with van der Waals surface area (Å²) in [6, 6.07) is 15.2. The standard InChI is InChI=1S/C22H24N4O/c1-22(2,3)18-8-4-5-9-19(18)26-21(27)17-10-12-24-20(13-17)25-15-16-7-6-11-23-14-16/h4-14H,15H2,1-3H3,(H,24,25)(H,26,27). The first-order chi connectivity index (χ1) is 12.9. The highest BCUT2D eigenvalue weighted by Gasteiger charge is 2.19. The third-order valence-electron chi connectivity index (χ3n) is 4.20. The maximum absolute atomic E-state index is 12.7. The van der Waals surface area contributed by atoms with Crippen molar-refractivity contribution < 1.29 is 4.79 Å².